The van der Waals surface area contributed by atoms with E-state index in [9.17, 15) is 0 Å². The SMILES string of the molecule is C#CCN(CCC)c1cc(C)ncc1CNCC. The molecule has 98 valence electrons. The summed E-state index contributed by atoms with van der Waals surface area (Å²) in [5.41, 5.74) is 3.46. The summed E-state index contributed by atoms with van der Waals surface area (Å²) >= 11 is 0. The van der Waals surface area contributed by atoms with Gasteiger partial charge in [0.25, 0.3) is 0 Å². The Bertz CT molecular complexity index is 407. The number of pyridine rings is 1. The van der Waals surface area contributed by atoms with E-state index in [0.717, 1.165) is 31.7 Å². The topological polar surface area (TPSA) is 28.2 Å². The van der Waals surface area contributed by atoms with E-state index in [1.807, 2.05) is 13.1 Å². The quantitative estimate of drug-likeness (QED) is 0.747. The zero-order valence-corrected chi connectivity index (χ0v) is 11.7. The van der Waals surface area contributed by atoms with Gasteiger partial charge in [0.05, 0.1) is 6.54 Å². The number of anilines is 1. The fraction of sp³-hybridized carbons (Fsp3) is 0.533. The number of hydrogen-bond acceptors (Lipinski definition) is 3. The van der Waals surface area contributed by atoms with Crippen LogP contribution in [0.15, 0.2) is 12.3 Å². The molecule has 1 heterocycles. The molecule has 0 aliphatic rings. The zero-order valence-electron chi connectivity index (χ0n) is 11.7. The lowest BCUT2D eigenvalue weighted by Gasteiger charge is -2.25. The Kier molecular flexibility index (Phi) is 6.24. The van der Waals surface area contributed by atoms with E-state index in [4.69, 9.17) is 6.42 Å². The van der Waals surface area contributed by atoms with Crippen LogP contribution >= 0.6 is 0 Å². The molecule has 0 aromatic carbocycles. The van der Waals surface area contributed by atoms with Gasteiger partial charge in [-0.25, -0.2) is 0 Å². The van der Waals surface area contributed by atoms with Crippen molar-refractivity contribution < 1.29 is 0 Å². The third kappa shape index (κ3) is 4.05. The molecule has 3 nitrogen and oxygen atoms in total. The minimum Gasteiger partial charge on any atom is -0.360 e. The maximum atomic E-state index is 5.46. The van der Waals surface area contributed by atoms with Crippen LogP contribution in [0.1, 0.15) is 31.5 Å². The summed E-state index contributed by atoms with van der Waals surface area (Å²) in [4.78, 5) is 6.63. The molecule has 0 aliphatic heterocycles. The Morgan fingerprint density at radius 3 is 2.83 bits per heavy atom. The van der Waals surface area contributed by atoms with Gasteiger partial charge >= 0.3 is 0 Å². The van der Waals surface area contributed by atoms with Crippen molar-refractivity contribution >= 4 is 5.69 Å². The monoisotopic (exact) mass is 245 g/mol. The third-order valence-electron chi connectivity index (χ3n) is 2.78. The number of nitrogens with zero attached hydrogens (tertiary/aromatic N) is 2. The number of hydrogen-bond donors (Lipinski definition) is 1. The Balaban J connectivity index is 3.00. The van der Waals surface area contributed by atoms with Crippen molar-refractivity contribution in [2.75, 3.05) is 24.5 Å². The van der Waals surface area contributed by atoms with E-state index < -0.39 is 0 Å². The van der Waals surface area contributed by atoms with Crippen LogP contribution < -0.4 is 10.2 Å². The number of aryl methyl sites for hydroxylation is 1. The summed E-state index contributed by atoms with van der Waals surface area (Å²) in [6, 6.07) is 2.12. The lowest BCUT2D eigenvalue weighted by Crippen LogP contribution is -2.27. The van der Waals surface area contributed by atoms with Crippen LogP contribution in [0, 0.1) is 19.3 Å². The molecular formula is C15H23N3. The lowest BCUT2D eigenvalue weighted by molar-refractivity contribution is 0.716. The summed E-state index contributed by atoms with van der Waals surface area (Å²) in [7, 11) is 0. The number of nitrogens with one attached hydrogen (secondary N) is 1. The molecule has 3 heteroatoms. The molecule has 18 heavy (non-hydrogen) atoms. The van der Waals surface area contributed by atoms with Crippen LogP contribution in [0.3, 0.4) is 0 Å². The highest BCUT2D eigenvalue weighted by atomic mass is 15.1. The molecular weight excluding hydrogens is 222 g/mol. The van der Waals surface area contributed by atoms with Crippen LogP contribution in [-0.2, 0) is 6.54 Å². The second-order valence-corrected chi connectivity index (χ2v) is 4.36. The van der Waals surface area contributed by atoms with Crippen molar-refractivity contribution in [2.45, 2.75) is 33.7 Å². The molecule has 0 aliphatic carbocycles. The summed E-state index contributed by atoms with van der Waals surface area (Å²) in [6.45, 7) is 9.71. The molecule has 1 aromatic rings. The number of rotatable bonds is 7. The first-order valence-electron chi connectivity index (χ1n) is 6.57. The predicted octanol–water partition coefficient (Wildman–Crippen LogP) is 2.35. The molecule has 0 saturated carbocycles. The second-order valence-electron chi connectivity index (χ2n) is 4.36. The van der Waals surface area contributed by atoms with Gasteiger partial charge in [-0.1, -0.05) is 19.8 Å². The van der Waals surface area contributed by atoms with Gasteiger partial charge in [-0.05, 0) is 26.0 Å². The number of aromatic nitrogens is 1. The molecule has 0 saturated heterocycles. The highest BCUT2D eigenvalue weighted by molar-refractivity contribution is 5.54. The molecule has 0 spiro atoms. The fourth-order valence-electron chi connectivity index (χ4n) is 1.93. The summed E-state index contributed by atoms with van der Waals surface area (Å²) in [5, 5.41) is 3.35. The molecule has 0 fully saturated rings. The molecule has 0 radical (unpaired) electrons. The van der Waals surface area contributed by atoms with E-state index in [1.165, 1.54) is 11.3 Å². The normalized spacial score (nSPS) is 10.1. The summed E-state index contributed by atoms with van der Waals surface area (Å²) in [5.74, 6) is 2.74. The summed E-state index contributed by atoms with van der Waals surface area (Å²) < 4.78 is 0. The molecule has 0 unspecified atom stereocenters. The Morgan fingerprint density at radius 1 is 1.44 bits per heavy atom. The molecule has 1 aromatic heterocycles. The standard InChI is InChI=1S/C15H23N3/c1-5-8-18(9-6-2)15-10-13(4)17-12-14(15)11-16-7-3/h1,10,12,16H,6-9,11H2,2-4H3. The minimum atomic E-state index is 0.649. The van der Waals surface area contributed by atoms with Gasteiger partial charge < -0.3 is 10.2 Å². The van der Waals surface area contributed by atoms with Crippen molar-refractivity contribution in [3.8, 4) is 12.3 Å². The van der Waals surface area contributed by atoms with Gasteiger partial charge in [-0.15, -0.1) is 6.42 Å². The number of terminal acetylenes is 1. The molecule has 0 amide bonds. The lowest BCUT2D eigenvalue weighted by atomic mass is 10.1. The van der Waals surface area contributed by atoms with Crippen molar-refractivity contribution in [2.24, 2.45) is 0 Å². The van der Waals surface area contributed by atoms with Gasteiger partial charge in [0.2, 0.25) is 0 Å². The largest absolute Gasteiger partial charge is 0.360 e. The molecule has 1 rings (SSSR count). The van der Waals surface area contributed by atoms with Crippen molar-refractivity contribution in [3.63, 3.8) is 0 Å². The van der Waals surface area contributed by atoms with Crippen molar-refractivity contribution in [1.29, 1.82) is 0 Å². The highest BCUT2D eigenvalue weighted by Gasteiger charge is 2.10. The maximum absolute atomic E-state index is 5.46. The average Bonchev–Trinajstić information content (AvgIpc) is 2.37. The Labute approximate surface area is 111 Å². The van der Waals surface area contributed by atoms with Gasteiger partial charge in [0.1, 0.15) is 0 Å². The molecule has 1 N–H and O–H groups in total. The second kappa shape index (κ2) is 7.73. The smallest absolute Gasteiger partial charge is 0.0791 e. The first kappa shape index (κ1) is 14.5. The first-order chi connectivity index (χ1) is 8.72. The van der Waals surface area contributed by atoms with E-state index >= 15 is 0 Å². The van der Waals surface area contributed by atoms with Gasteiger partial charge in [0, 0.05) is 36.2 Å². The minimum absolute atomic E-state index is 0.649. The van der Waals surface area contributed by atoms with Gasteiger partial charge in [-0.2, -0.15) is 0 Å². The molecule has 0 bridgehead atoms. The van der Waals surface area contributed by atoms with Crippen molar-refractivity contribution in [3.05, 3.63) is 23.5 Å². The van der Waals surface area contributed by atoms with Crippen molar-refractivity contribution in [1.82, 2.24) is 10.3 Å². The maximum Gasteiger partial charge on any atom is 0.0791 e. The molecule has 0 atom stereocenters. The Morgan fingerprint density at radius 2 is 2.22 bits per heavy atom. The van der Waals surface area contributed by atoms with E-state index in [2.05, 4.69) is 41.0 Å². The third-order valence-corrected chi connectivity index (χ3v) is 2.78. The van der Waals surface area contributed by atoms with Crippen LogP contribution in [-0.4, -0.2) is 24.6 Å². The predicted molar refractivity (Wildman–Crippen MR) is 77.7 cm³/mol. The van der Waals surface area contributed by atoms with Crippen LogP contribution in [0.25, 0.3) is 0 Å². The van der Waals surface area contributed by atoms with Crippen LogP contribution in [0.5, 0.6) is 0 Å². The fourth-order valence-corrected chi connectivity index (χ4v) is 1.93. The van der Waals surface area contributed by atoms with E-state index in [-0.39, 0.29) is 0 Å². The van der Waals surface area contributed by atoms with Crippen LogP contribution in [0.4, 0.5) is 5.69 Å². The van der Waals surface area contributed by atoms with E-state index in [1.54, 1.807) is 0 Å². The first-order valence-corrected chi connectivity index (χ1v) is 6.57. The Hall–Kier alpha value is -1.53. The summed E-state index contributed by atoms with van der Waals surface area (Å²) in [6.07, 6.45) is 8.50. The van der Waals surface area contributed by atoms with Gasteiger partial charge in [-0.3, -0.25) is 4.98 Å². The van der Waals surface area contributed by atoms with Gasteiger partial charge in [0.15, 0.2) is 0 Å². The average molecular weight is 245 g/mol. The van der Waals surface area contributed by atoms with Crippen LogP contribution in [0.2, 0.25) is 0 Å². The van der Waals surface area contributed by atoms with E-state index in [0.29, 0.717) is 6.54 Å². The highest BCUT2D eigenvalue weighted by Crippen LogP contribution is 2.21. The zero-order chi connectivity index (χ0) is 13.4.